The van der Waals surface area contributed by atoms with E-state index in [1.54, 1.807) is 42.7 Å². The molecule has 0 unspecified atom stereocenters. The summed E-state index contributed by atoms with van der Waals surface area (Å²) in [6, 6.07) is 15.4. The van der Waals surface area contributed by atoms with E-state index in [9.17, 15) is 18.0 Å². The topological polar surface area (TPSA) is 105 Å². The molecule has 0 saturated heterocycles. The molecular formula is C26H19F3N6O2. The first-order chi connectivity index (χ1) is 17.8. The number of amides is 1. The van der Waals surface area contributed by atoms with Crippen molar-refractivity contribution in [1.82, 2.24) is 19.9 Å². The highest BCUT2D eigenvalue weighted by atomic mass is 19.4. The molecule has 5 rings (SSSR count). The smallest absolute Gasteiger partial charge is 0.419 e. The van der Waals surface area contributed by atoms with Gasteiger partial charge in [0.2, 0.25) is 0 Å². The van der Waals surface area contributed by atoms with Crippen LogP contribution in [0.4, 0.5) is 30.4 Å². The molecule has 2 aromatic carbocycles. The molecule has 3 aromatic heterocycles. The molecule has 0 saturated carbocycles. The number of halogens is 3. The Bertz CT molecular complexity index is 1600. The highest BCUT2D eigenvalue weighted by Crippen LogP contribution is 2.37. The van der Waals surface area contributed by atoms with Crippen molar-refractivity contribution in [2.24, 2.45) is 0 Å². The molecule has 0 radical (unpaired) electrons. The van der Waals surface area contributed by atoms with Crippen molar-refractivity contribution in [1.29, 1.82) is 0 Å². The Morgan fingerprint density at radius 2 is 1.81 bits per heavy atom. The van der Waals surface area contributed by atoms with Gasteiger partial charge in [-0.2, -0.15) is 13.2 Å². The maximum atomic E-state index is 13.4. The van der Waals surface area contributed by atoms with Gasteiger partial charge in [0, 0.05) is 40.3 Å². The second kappa shape index (κ2) is 9.61. The maximum Gasteiger partial charge on any atom is 0.419 e. The number of ether oxygens (including phenoxy) is 1. The van der Waals surface area contributed by atoms with Gasteiger partial charge in [0.15, 0.2) is 0 Å². The largest absolute Gasteiger partial charge is 0.496 e. The van der Waals surface area contributed by atoms with Crippen molar-refractivity contribution >= 4 is 34.1 Å². The lowest BCUT2D eigenvalue weighted by atomic mass is 10.1. The monoisotopic (exact) mass is 504 g/mol. The van der Waals surface area contributed by atoms with Gasteiger partial charge in [0.05, 0.1) is 18.4 Å². The molecule has 0 fully saturated rings. The average molecular weight is 504 g/mol. The third-order valence-electron chi connectivity index (χ3n) is 5.57. The van der Waals surface area contributed by atoms with E-state index in [4.69, 9.17) is 4.74 Å². The van der Waals surface area contributed by atoms with Gasteiger partial charge < -0.3 is 20.4 Å². The molecule has 8 nitrogen and oxygen atoms in total. The lowest BCUT2D eigenvalue weighted by molar-refractivity contribution is -0.138. The Morgan fingerprint density at radius 1 is 0.973 bits per heavy atom. The minimum absolute atomic E-state index is 0.155. The van der Waals surface area contributed by atoms with Crippen LogP contribution in [-0.2, 0) is 6.18 Å². The highest BCUT2D eigenvalue weighted by Gasteiger charge is 2.35. The summed E-state index contributed by atoms with van der Waals surface area (Å²) in [5.41, 5.74) is 1.92. The van der Waals surface area contributed by atoms with Crippen molar-refractivity contribution in [3.05, 3.63) is 90.5 Å². The first-order valence-corrected chi connectivity index (χ1v) is 11.0. The number of nitrogens with one attached hydrogen (secondary N) is 3. The Kier molecular flexibility index (Phi) is 6.18. The molecule has 0 aliphatic carbocycles. The molecule has 186 valence electrons. The summed E-state index contributed by atoms with van der Waals surface area (Å²) in [6.07, 6.45) is 0.208. The van der Waals surface area contributed by atoms with E-state index in [2.05, 4.69) is 30.6 Å². The number of benzene rings is 2. The molecule has 11 heteroatoms. The van der Waals surface area contributed by atoms with Crippen LogP contribution in [0.3, 0.4) is 0 Å². The van der Waals surface area contributed by atoms with Gasteiger partial charge in [0.1, 0.15) is 23.5 Å². The molecule has 37 heavy (non-hydrogen) atoms. The van der Waals surface area contributed by atoms with Crippen LogP contribution >= 0.6 is 0 Å². The molecule has 0 aliphatic rings. The number of H-pyrrole nitrogens is 1. The maximum absolute atomic E-state index is 13.4. The van der Waals surface area contributed by atoms with Crippen molar-refractivity contribution in [3.8, 4) is 17.0 Å². The number of nitrogens with zero attached hydrogens (tertiary/aromatic N) is 3. The van der Waals surface area contributed by atoms with Crippen LogP contribution in [0.15, 0.2) is 79.4 Å². The van der Waals surface area contributed by atoms with E-state index in [-0.39, 0.29) is 11.3 Å². The molecule has 0 bridgehead atoms. The first-order valence-electron chi connectivity index (χ1n) is 11.0. The van der Waals surface area contributed by atoms with Crippen LogP contribution in [0.5, 0.6) is 5.75 Å². The zero-order chi connectivity index (χ0) is 26.0. The van der Waals surface area contributed by atoms with Gasteiger partial charge in [-0.3, -0.25) is 4.79 Å². The quantitative estimate of drug-likeness (QED) is 0.260. The summed E-state index contributed by atoms with van der Waals surface area (Å²) in [6.45, 7) is 0. The van der Waals surface area contributed by atoms with Crippen LogP contribution < -0.4 is 15.4 Å². The second-order valence-corrected chi connectivity index (χ2v) is 7.93. The third kappa shape index (κ3) is 4.92. The third-order valence-corrected chi connectivity index (χ3v) is 5.57. The number of aromatic nitrogens is 4. The Labute approximate surface area is 208 Å². The number of carbonyl (C=O) groups is 1. The van der Waals surface area contributed by atoms with E-state index in [0.29, 0.717) is 28.5 Å². The number of hydrogen-bond acceptors (Lipinski definition) is 6. The molecule has 5 aromatic rings. The van der Waals surface area contributed by atoms with Gasteiger partial charge in [-0.1, -0.05) is 6.07 Å². The van der Waals surface area contributed by atoms with E-state index >= 15 is 0 Å². The van der Waals surface area contributed by atoms with E-state index in [0.717, 1.165) is 30.2 Å². The lowest BCUT2D eigenvalue weighted by Crippen LogP contribution is -2.15. The summed E-state index contributed by atoms with van der Waals surface area (Å²) in [5.74, 6) is -0.529. The first kappa shape index (κ1) is 23.8. The number of anilines is 3. The van der Waals surface area contributed by atoms with Crippen molar-refractivity contribution in [2.75, 3.05) is 17.7 Å². The van der Waals surface area contributed by atoms with Gasteiger partial charge in [0.25, 0.3) is 5.91 Å². The normalized spacial score (nSPS) is 11.4. The number of pyridine rings is 1. The van der Waals surface area contributed by atoms with Gasteiger partial charge in [-0.15, -0.1) is 0 Å². The summed E-state index contributed by atoms with van der Waals surface area (Å²) < 4.78 is 44.8. The number of alkyl halides is 3. The molecule has 0 aliphatic heterocycles. The van der Waals surface area contributed by atoms with Gasteiger partial charge >= 0.3 is 6.18 Å². The Balaban J connectivity index is 1.40. The standard InChI is InChI=1S/C26H19F3N6O2/c1-37-21-8-7-15(12-20(21)26(27,28)29)25(36)35-17-5-2-4-16(13-17)34-24-18(6-3-10-30-24)22-19-9-11-31-23(19)33-14-32-22/h2-14H,1H3,(H,30,34)(H,35,36)(H,31,32,33). The van der Waals surface area contributed by atoms with Crippen LogP contribution in [0.2, 0.25) is 0 Å². The highest BCUT2D eigenvalue weighted by molar-refractivity contribution is 6.04. The molecule has 1 amide bonds. The molecular weight excluding hydrogens is 485 g/mol. The van der Waals surface area contributed by atoms with Crippen molar-refractivity contribution in [2.45, 2.75) is 6.18 Å². The van der Waals surface area contributed by atoms with Gasteiger partial charge in [-0.05, 0) is 54.6 Å². The number of rotatable bonds is 6. The summed E-state index contributed by atoms with van der Waals surface area (Å²) in [7, 11) is 1.14. The van der Waals surface area contributed by atoms with Crippen LogP contribution in [0.1, 0.15) is 15.9 Å². The number of hydrogen-bond donors (Lipinski definition) is 3. The van der Waals surface area contributed by atoms with Crippen molar-refractivity contribution < 1.29 is 22.7 Å². The zero-order valence-corrected chi connectivity index (χ0v) is 19.3. The number of carbonyl (C=O) groups excluding carboxylic acids is 1. The molecule has 3 heterocycles. The van der Waals surface area contributed by atoms with Crippen LogP contribution in [-0.4, -0.2) is 33.0 Å². The van der Waals surface area contributed by atoms with E-state index < -0.39 is 17.6 Å². The lowest BCUT2D eigenvalue weighted by Gasteiger charge is -2.14. The molecule has 0 atom stereocenters. The Hall–Kier alpha value is -4.93. The average Bonchev–Trinajstić information content (AvgIpc) is 3.38. The summed E-state index contributed by atoms with van der Waals surface area (Å²) in [4.78, 5) is 28.9. The number of methoxy groups -OCH3 is 1. The van der Waals surface area contributed by atoms with E-state index in [1.807, 2.05) is 12.1 Å². The second-order valence-electron chi connectivity index (χ2n) is 7.93. The fraction of sp³-hybridized carbons (Fsp3) is 0.0769. The number of fused-ring (bicyclic) bond motifs is 1. The predicted molar refractivity (Wildman–Crippen MR) is 133 cm³/mol. The van der Waals surface area contributed by atoms with Crippen LogP contribution in [0, 0.1) is 0 Å². The van der Waals surface area contributed by atoms with Crippen molar-refractivity contribution in [3.63, 3.8) is 0 Å². The summed E-state index contributed by atoms with van der Waals surface area (Å²) in [5, 5.41) is 6.69. The minimum Gasteiger partial charge on any atom is -0.496 e. The fourth-order valence-electron chi connectivity index (χ4n) is 3.87. The van der Waals surface area contributed by atoms with Crippen LogP contribution in [0.25, 0.3) is 22.3 Å². The zero-order valence-electron chi connectivity index (χ0n) is 19.3. The molecule has 0 spiro atoms. The summed E-state index contributed by atoms with van der Waals surface area (Å²) >= 11 is 0. The van der Waals surface area contributed by atoms with E-state index in [1.165, 1.54) is 12.4 Å². The molecule has 3 N–H and O–H groups in total. The SMILES string of the molecule is COc1ccc(C(=O)Nc2cccc(Nc3ncccc3-c3ncnc4[nH]ccc34)c2)cc1C(F)(F)F. The fourth-order valence-corrected chi connectivity index (χ4v) is 3.87. The number of aromatic amines is 1. The predicted octanol–water partition coefficient (Wildman–Crippen LogP) is 6.04. The van der Waals surface area contributed by atoms with Gasteiger partial charge in [-0.25, -0.2) is 15.0 Å². The Morgan fingerprint density at radius 3 is 2.62 bits per heavy atom. The minimum atomic E-state index is -4.67.